The van der Waals surface area contributed by atoms with Crippen molar-refractivity contribution < 1.29 is 4.79 Å². The van der Waals surface area contributed by atoms with Crippen molar-refractivity contribution in [2.24, 2.45) is 11.7 Å². The highest BCUT2D eigenvalue weighted by Crippen LogP contribution is 2.06. The topological polar surface area (TPSA) is 56.0 Å². The summed E-state index contributed by atoms with van der Waals surface area (Å²) in [4.78, 5) is 15.8. The molecule has 1 aromatic rings. The maximum absolute atomic E-state index is 11.7. The van der Waals surface area contributed by atoms with Crippen LogP contribution in [0, 0.1) is 5.92 Å². The summed E-state index contributed by atoms with van der Waals surface area (Å²) in [5.74, 6) is 0.172. The molecule has 0 saturated carbocycles. The molecule has 0 aliphatic rings. The quantitative estimate of drug-likeness (QED) is 0.762. The van der Waals surface area contributed by atoms with E-state index in [9.17, 15) is 4.79 Å². The van der Waals surface area contributed by atoms with Crippen LogP contribution in [-0.2, 0) is 11.2 Å². The van der Waals surface area contributed by atoms with Crippen LogP contribution in [0.2, 0.25) is 0 Å². The number of hydrogen-bond acceptors (Lipinski definition) is 3. The van der Waals surface area contributed by atoms with Crippen molar-refractivity contribution in [3.8, 4) is 0 Å². The predicted molar refractivity (Wildman–Crippen MR) is 55.8 cm³/mol. The van der Waals surface area contributed by atoms with Gasteiger partial charge in [-0.05, 0) is 18.6 Å². The second kappa shape index (κ2) is 5.50. The summed E-state index contributed by atoms with van der Waals surface area (Å²) in [6.45, 7) is 2.41. The molecule has 0 aromatic carbocycles. The van der Waals surface area contributed by atoms with E-state index in [1.807, 2.05) is 25.1 Å². The zero-order valence-corrected chi connectivity index (χ0v) is 8.44. The molecule has 0 amide bonds. The number of nitrogens with zero attached hydrogens (tertiary/aromatic N) is 1. The first-order valence-electron chi connectivity index (χ1n) is 4.90. The van der Waals surface area contributed by atoms with Crippen molar-refractivity contribution >= 4 is 5.78 Å². The van der Waals surface area contributed by atoms with E-state index in [1.165, 1.54) is 0 Å². The summed E-state index contributed by atoms with van der Waals surface area (Å²) < 4.78 is 0. The SMILES string of the molecule is CCC(CN)C(=O)Cc1ccccn1. The number of aromatic nitrogens is 1. The van der Waals surface area contributed by atoms with Gasteiger partial charge in [-0.3, -0.25) is 9.78 Å². The Morgan fingerprint density at radius 2 is 2.36 bits per heavy atom. The second-order valence-electron chi connectivity index (χ2n) is 3.31. The van der Waals surface area contributed by atoms with Gasteiger partial charge in [-0.1, -0.05) is 13.0 Å². The first-order valence-corrected chi connectivity index (χ1v) is 4.90. The second-order valence-corrected chi connectivity index (χ2v) is 3.31. The fourth-order valence-corrected chi connectivity index (χ4v) is 1.35. The lowest BCUT2D eigenvalue weighted by molar-refractivity contribution is -0.122. The van der Waals surface area contributed by atoms with Gasteiger partial charge < -0.3 is 5.73 Å². The van der Waals surface area contributed by atoms with Gasteiger partial charge in [0.2, 0.25) is 0 Å². The number of carbonyl (C=O) groups excluding carboxylic acids is 1. The summed E-state index contributed by atoms with van der Waals surface area (Å²) in [6, 6.07) is 5.59. The van der Waals surface area contributed by atoms with Crippen molar-refractivity contribution in [1.29, 1.82) is 0 Å². The molecule has 0 radical (unpaired) electrons. The number of carbonyl (C=O) groups is 1. The van der Waals surface area contributed by atoms with E-state index in [4.69, 9.17) is 5.73 Å². The Labute approximate surface area is 84.3 Å². The molecule has 0 bridgehead atoms. The third-order valence-electron chi connectivity index (χ3n) is 2.31. The fourth-order valence-electron chi connectivity index (χ4n) is 1.35. The van der Waals surface area contributed by atoms with Crippen LogP contribution >= 0.6 is 0 Å². The van der Waals surface area contributed by atoms with Crippen molar-refractivity contribution in [3.63, 3.8) is 0 Å². The van der Waals surface area contributed by atoms with Gasteiger partial charge in [0.05, 0.1) is 0 Å². The standard InChI is InChI=1S/C11H16N2O/c1-2-9(8-12)11(14)7-10-5-3-4-6-13-10/h3-6,9H,2,7-8,12H2,1H3. The molecule has 1 unspecified atom stereocenters. The third kappa shape index (κ3) is 2.92. The minimum absolute atomic E-state index is 0.0167. The molecule has 0 aliphatic heterocycles. The number of rotatable bonds is 5. The van der Waals surface area contributed by atoms with Gasteiger partial charge in [-0.2, -0.15) is 0 Å². The molecular weight excluding hydrogens is 176 g/mol. The molecule has 1 aromatic heterocycles. The molecule has 76 valence electrons. The summed E-state index contributed by atoms with van der Waals surface area (Å²) in [6.07, 6.45) is 2.91. The highest BCUT2D eigenvalue weighted by molar-refractivity contribution is 5.83. The van der Waals surface area contributed by atoms with Crippen LogP contribution < -0.4 is 5.73 Å². The Kier molecular flexibility index (Phi) is 4.26. The van der Waals surface area contributed by atoms with E-state index in [-0.39, 0.29) is 11.7 Å². The predicted octanol–water partition coefficient (Wildman–Crippen LogP) is 1.18. The first kappa shape index (κ1) is 10.9. The fraction of sp³-hybridized carbons (Fsp3) is 0.455. The maximum atomic E-state index is 11.7. The number of ketones is 1. The molecular formula is C11H16N2O. The van der Waals surface area contributed by atoms with Crippen molar-refractivity contribution in [2.75, 3.05) is 6.54 Å². The van der Waals surface area contributed by atoms with E-state index >= 15 is 0 Å². The molecule has 2 N–H and O–H groups in total. The number of hydrogen-bond donors (Lipinski definition) is 1. The lowest BCUT2D eigenvalue weighted by Crippen LogP contribution is -2.24. The monoisotopic (exact) mass is 192 g/mol. The van der Waals surface area contributed by atoms with Crippen LogP contribution in [0.15, 0.2) is 24.4 Å². The van der Waals surface area contributed by atoms with Gasteiger partial charge >= 0.3 is 0 Å². The van der Waals surface area contributed by atoms with Gasteiger partial charge in [0.1, 0.15) is 5.78 Å². The van der Waals surface area contributed by atoms with Gasteiger partial charge in [-0.25, -0.2) is 0 Å². The first-order chi connectivity index (χ1) is 6.77. The van der Waals surface area contributed by atoms with E-state index in [0.29, 0.717) is 13.0 Å². The molecule has 0 fully saturated rings. The maximum Gasteiger partial charge on any atom is 0.143 e. The molecule has 0 spiro atoms. The zero-order valence-electron chi connectivity index (χ0n) is 8.44. The molecule has 1 heterocycles. The number of Topliss-reactive ketones (excluding diaryl/α,β-unsaturated/α-hetero) is 1. The highest BCUT2D eigenvalue weighted by Gasteiger charge is 2.14. The normalized spacial score (nSPS) is 12.4. The summed E-state index contributed by atoms with van der Waals surface area (Å²) >= 11 is 0. The van der Waals surface area contributed by atoms with Crippen LogP contribution in [0.3, 0.4) is 0 Å². The van der Waals surface area contributed by atoms with Crippen LogP contribution in [-0.4, -0.2) is 17.3 Å². The molecule has 1 rings (SSSR count). The molecule has 0 aliphatic carbocycles. The van der Waals surface area contributed by atoms with Crippen LogP contribution in [0.1, 0.15) is 19.0 Å². The molecule has 14 heavy (non-hydrogen) atoms. The number of nitrogens with two attached hydrogens (primary N) is 1. The smallest absolute Gasteiger partial charge is 0.143 e. The van der Waals surface area contributed by atoms with Gasteiger partial charge in [0.15, 0.2) is 0 Å². The van der Waals surface area contributed by atoms with Crippen molar-refractivity contribution in [2.45, 2.75) is 19.8 Å². The Morgan fingerprint density at radius 3 is 2.86 bits per heavy atom. The Bertz CT molecular complexity index is 281. The minimum atomic E-state index is -0.0167. The van der Waals surface area contributed by atoms with Gasteiger partial charge in [0.25, 0.3) is 0 Å². The lowest BCUT2D eigenvalue weighted by atomic mass is 9.98. The average Bonchev–Trinajstić information content (AvgIpc) is 2.21. The largest absolute Gasteiger partial charge is 0.330 e. The third-order valence-corrected chi connectivity index (χ3v) is 2.31. The molecule has 3 heteroatoms. The van der Waals surface area contributed by atoms with Crippen LogP contribution in [0.25, 0.3) is 0 Å². The molecule has 3 nitrogen and oxygen atoms in total. The minimum Gasteiger partial charge on any atom is -0.330 e. The van der Waals surface area contributed by atoms with E-state index in [2.05, 4.69) is 4.98 Å². The zero-order chi connectivity index (χ0) is 10.4. The van der Waals surface area contributed by atoms with Crippen LogP contribution in [0.4, 0.5) is 0 Å². The van der Waals surface area contributed by atoms with E-state index in [1.54, 1.807) is 6.20 Å². The Morgan fingerprint density at radius 1 is 1.57 bits per heavy atom. The van der Waals surface area contributed by atoms with E-state index in [0.717, 1.165) is 12.1 Å². The lowest BCUT2D eigenvalue weighted by Gasteiger charge is -2.09. The van der Waals surface area contributed by atoms with Gasteiger partial charge in [0, 0.05) is 30.8 Å². The number of pyridine rings is 1. The van der Waals surface area contributed by atoms with Crippen molar-refractivity contribution in [3.05, 3.63) is 30.1 Å². The summed E-state index contributed by atoms with van der Waals surface area (Å²) in [5, 5.41) is 0. The van der Waals surface area contributed by atoms with Crippen LogP contribution in [0.5, 0.6) is 0 Å². The Hall–Kier alpha value is -1.22. The molecule has 1 atom stereocenters. The Balaban J connectivity index is 2.57. The molecule has 0 saturated heterocycles. The summed E-state index contributed by atoms with van der Waals surface area (Å²) in [5.41, 5.74) is 6.32. The highest BCUT2D eigenvalue weighted by atomic mass is 16.1. The van der Waals surface area contributed by atoms with E-state index < -0.39 is 0 Å². The van der Waals surface area contributed by atoms with Crippen molar-refractivity contribution in [1.82, 2.24) is 4.98 Å². The van der Waals surface area contributed by atoms with Gasteiger partial charge in [-0.15, -0.1) is 0 Å². The average molecular weight is 192 g/mol. The summed E-state index contributed by atoms with van der Waals surface area (Å²) in [7, 11) is 0.